The number of carbonyl (C=O) groups excluding carboxylic acids is 1. The summed E-state index contributed by atoms with van der Waals surface area (Å²) in [4.78, 5) is 11.6. The van der Waals surface area contributed by atoms with Crippen LogP contribution in [0.3, 0.4) is 0 Å². The zero-order valence-corrected chi connectivity index (χ0v) is 9.15. The summed E-state index contributed by atoms with van der Waals surface area (Å²) in [5.41, 5.74) is 1.38. The van der Waals surface area contributed by atoms with Gasteiger partial charge in [0.05, 0.1) is 12.7 Å². The molecule has 3 nitrogen and oxygen atoms in total. The molecule has 0 aliphatic carbocycles. The predicted octanol–water partition coefficient (Wildman–Crippen LogP) is 2.64. The quantitative estimate of drug-likeness (QED) is 0.745. The lowest BCUT2D eigenvalue weighted by Gasteiger charge is -2.08. The van der Waals surface area contributed by atoms with Crippen molar-refractivity contribution in [2.24, 2.45) is 0 Å². The van der Waals surface area contributed by atoms with Gasteiger partial charge in [0.1, 0.15) is 5.75 Å². The number of aryl methyl sites for hydroxylation is 1. The summed E-state index contributed by atoms with van der Waals surface area (Å²) in [6.45, 7) is 1.92. The van der Waals surface area contributed by atoms with Gasteiger partial charge < -0.3 is 9.84 Å². The molecule has 0 aliphatic heterocycles. The minimum atomic E-state index is -0.435. The topological polar surface area (TPSA) is 46.5 Å². The van der Waals surface area contributed by atoms with Gasteiger partial charge in [-0.2, -0.15) is 0 Å². The van der Waals surface area contributed by atoms with Gasteiger partial charge in [0.15, 0.2) is 0 Å². The highest BCUT2D eigenvalue weighted by molar-refractivity contribution is 6.06. The highest BCUT2D eigenvalue weighted by Crippen LogP contribution is 2.27. The number of ether oxygens (including phenoxy) is 1. The fraction of sp³-hybridized carbons (Fsp3) is 0.154. The molecule has 0 saturated carbocycles. The first-order valence-electron chi connectivity index (χ1n) is 4.94. The lowest BCUT2D eigenvalue weighted by Crippen LogP contribution is -2.02. The smallest absolute Gasteiger partial charge is 0.338 e. The van der Waals surface area contributed by atoms with Crippen LogP contribution in [0, 0.1) is 6.92 Å². The normalized spacial score (nSPS) is 10.4. The Labute approximate surface area is 93.3 Å². The molecule has 0 bridgehead atoms. The second-order valence-corrected chi connectivity index (χ2v) is 3.66. The highest BCUT2D eigenvalue weighted by atomic mass is 16.5. The summed E-state index contributed by atoms with van der Waals surface area (Å²) < 4.78 is 4.70. The summed E-state index contributed by atoms with van der Waals surface area (Å²) in [7, 11) is 1.33. The standard InChI is InChI=1S/C13H12O3/c1-8-4-3-5-9-6-10(14)7-11(12(8)9)13(15)16-2/h3-7,14H,1-2H3. The molecule has 0 heterocycles. The van der Waals surface area contributed by atoms with Gasteiger partial charge >= 0.3 is 5.97 Å². The van der Waals surface area contributed by atoms with Crippen LogP contribution in [0.25, 0.3) is 10.8 Å². The fourth-order valence-electron chi connectivity index (χ4n) is 1.87. The van der Waals surface area contributed by atoms with Crippen molar-refractivity contribution < 1.29 is 14.6 Å². The number of benzene rings is 2. The van der Waals surface area contributed by atoms with Crippen LogP contribution >= 0.6 is 0 Å². The van der Waals surface area contributed by atoms with E-state index in [1.165, 1.54) is 13.2 Å². The molecule has 82 valence electrons. The van der Waals surface area contributed by atoms with Gasteiger partial charge in [0, 0.05) is 0 Å². The Morgan fingerprint density at radius 3 is 2.75 bits per heavy atom. The first kappa shape index (κ1) is 10.5. The fourth-order valence-corrected chi connectivity index (χ4v) is 1.87. The largest absolute Gasteiger partial charge is 0.508 e. The number of carbonyl (C=O) groups is 1. The van der Waals surface area contributed by atoms with Crippen LogP contribution < -0.4 is 0 Å². The number of esters is 1. The van der Waals surface area contributed by atoms with Crippen molar-refractivity contribution in [3.63, 3.8) is 0 Å². The second-order valence-electron chi connectivity index (χ2n) is 3.66. The second kappa shape index (κ2) is 3.85. The van der Waals surface area contributed by atoms with Gasteiger partial charge in [0.25, 0.3) is 0 Å². The van der Waals surface area contributed by atoms with Crippen LogP contribution in [0.1, 0.15) is 15.9 Å². The van der Waals surface area contributed by atoms with Crippen molar-refractivity contribution in [1.82, 2.24) is 0 Å². The molecular formula is C13H12O3. The number of hydrogen-bond acceptors (Lipinski definition) is 3. The Balaban J connectivity index is 2.85. The first-order chi connectivity index (χ1) is 7.63. The molecule has 2 rings (SSSR count). The van der Waals surface area contributed by atoms with E-state index < -0.39 is 5.97 Å². The third kappa shape index (κ3) is 1.60. The number of phenolic OH excluding ortho intramolecular Hbond substituents is 1. The van der Waals surface area contributed by atoms with E-state index in [2.05, 4.69) is 0 Å². The Kier molecular flexibility index (Phi) is 2.52. The summed E-state index contributed by atoms with van der Waals surface area (Å²) >= 11 is 0. The van der Waals surface area contributed by atoms with E-state index in [0.29, 0.717) is 5.56 Å². The summed E-state index contributed by atoms with van der Waals surface area (Å²) in [6, 6.07) is 8.73. The minimum absolute atomic E-state index is 0.0681. The van der Waals surface area contributed by atoms with Crippen molar-refractivity contribution in [3.05, 3.63) is 41.5 Å². The van der Waals surface area contributed by atoms with Crippen LogP contribution in [0.2, 0.25) is 0 Å². The van der Waals surface area contributed by atoms with E-state index in [-0.39, 0.29) is 5.75 Å². The molecule has 3 heteroatoms. The van der Waals surface area contributed by atoms with Gasteiger partial charge in [0.2, 0.25) is 0 Å². The van der Waals surface area contributed by atoms with Crippen molar-refractivity contribution >= 4 is 16.7 Å². The molecule has 0 atom stereocenters. The van der Waals surface area contributed by atoms with E-state index in [4.69, 9.17) is 4.74 Å². The molecule has 16 heavy (non-hydrogen) atoms. The molecule has 0 spiro atoms. The predicted molar refractivity (Wildman–Crippen MR) is 61.7 cm³/mol. The van der Waals surface area contributed by atoms with E-state index in [1.54, 1.807) is 6.07 Å². The maximum Gasteiger partial charge on any atom is 0.338 e. The number of methoxy groups -OCH3 is 1. The van der Waals surface area contributed by atoms with E-state index in [0.717, 1.165) is 16.3 Å². The van der Waals surface area contributed by atoms with Crippen molar-refractivity contribution in [2.45, 2.75) is 6.92 Å². The molecule has 2 aromatic carbocycles. The number of phenols is 1. The van der Waals surface area contributed by atoms with Gasteiger partial charge in [-0.15, -0.1) is 0 Å². The van der Waals surface area contributed by atoms with Crippen molar-refractivity contribution in [1.29, 1.82) is 0 Å². The molecule has 0 amide bonds. The van der Waals surface area contributed by atoms with Gasteiger partial charge in [-0.05, 0) is 35.4 Å². The Hall–Kier alpha value is -2.03. The molecule has 1 N–H and O–H groups in total. The average Bonchev–Trinajstić information content (AvgIpc) is 2.27. The SMILES string of the molecule is COC(=O)c1cc(O)cc2cccc(C)c12. The zero-order valence-electron chi connectivity index (χ0n) is 9.15. The molecular weight excluding hydrogens is 204 g/mol. The van der Waals surface area contributed by atoms with Crippen LogP contribution in [-0.2, 0) is 4.74 Å². The van der Waals surface area contributed by atoms with Crippen molar-refractivity contribution in [3.8, 4) is 5.75 Å². The average molecular weight is 216 g/mol. The summed E-state index contributed by atoms with van der Waals surface area (Å²) in [5.74, 6) is -0.367. The monoisotopic (exact) mass is 216 g/mol. The summed E-state index contributed by atoms with van der Waals surface area (Å²) in [6.07, 6.45) is 0. The van der Waals surface area contributed by atoms with E-state index in [9.17, 15) is 9.90 Å². The molecule has 0 aromatic heterocycles. The maximum absolute atomic E-state index is 11.6. The van der Waals surface area contributed by atoms with Crippen LogP contribution in [0.15, 0.2) is 30.3 Å². The van der Waals surface area contributed by atoms with Gasteiger partial charge in [-0.1, -0.05) is 18.2 Å². The third-order valence-electron chi connectivity index (χ3n) is 2.58. The Bertz CT molecular complexity index is 558. The van der Waals surface area contributed by atoms with Crippen molar-refractivity contribution in [2.75, 3.05) is 7.11 Å². The molecule has 0 aliphatic rings. The minimum Gasteiger partial charge on any atom is -0.508 e. The Morgan fingerprint density at radius 1 is 1.31 bits per heavy atom. The lowest BCUT2D eigenvalue weighted by molar-refractivity contribution is 0.0602. The van der Waals surface area contributed by atoms with Crippen LogP contribution in [0.5, 0.6) is 5.75 Å². The van der Waals surface area contributed by atoms with Crippen LogP contribution in [-0.4, -0.2) is 18.2 Å². The first-order valence-corrected chi connectivity index (χ1v) is 4.94. The van der Waals surface area contributed by atoms with Crippen LogP contribution in [0.4, 0.5) is 0 Å². The number of hydrogen-bond donors (Lipinski definition) is 1. The number of rotatable bonds is 1. The number of aromatic hydroxyl groups is 1. The zero-order chi connectivity index (χ0) is 11.7. The lowest BCUT2D eigenvalue weighted by atomic mass is 9.99. The third-order valence-corrected chi connectivity index (χ3v) is 2.58. The summed E-state index contributed by atoms with van der Waals surface area (Å²) in [5, 5.41) is 11.2. The molecule has 0 saturated heterocycles. The van der Waals surface area contributed by atoms with E-state index >= 15 is 0 Å². The maximum atomic E-state index is 11.6. The Morgan fingerprint density at radius 2 is 2.06 bits per heavy atom. The molecule has 0 unspecified atom stereocenters. The van der Waals surface area contributed by atoms with E-state index in [1.807, 2.05) is 25.1 Å². The molecule has 2 aromatic rings. The highest BCUT2D eigenvalue weighted by Gasteiger charge is 2.13. The number of fused-ring (bicyclic) bond motifs is 1. The molecule has 0 fully saturated rings. The molecule has 0 radical (unpaired) electrons. The van der Waals surface area contributed by atoms with Gasteiger partial charge in [-0.25, -0.2) is 4.79 Å². The van der Waals surface area contributed by atoms with Gasteiger partial charge in [-0.3, -0.25) is 0 Å².